The van der Waals surface area contributed by atoms with Gasteiger partial charge in [0.25, 0.3) is 0 Å². The molecule has 0 rings (SSSR count). The summed E-state index contributed by atoms with van der Waals surface area (Å²) in [7, 11) is 12.2. The van der Waals surface area contributed by atoms with Gasteiger partial charge >= 0.3 is 0 Å². The van der Waals surface area contributed by atoms with Crippen LogP contribution < -0.4 is 0 Å². The molecule has 0 N–H and O–H groups in total. The Morgan fingerprint density at radius 3 is 1.40 bits per heavy atom. The molecule has 0 aliphatic carbocycles. The molecule has 30 valence electrons. The summed E-state index contributed by atoms with van der Waals surface area (Å²) >= 11 is 0. The fourth-order valence-corrected chi connectivity index (χ4v) is 0. The van der Waals surface area contributed by atoms with Crippen molar-refractivity contribution in [3.8, 4) is 0 Å². The molecule has 5 heavy (non-hydrogen) atoms. The molecule has 0 aliphatic rings. The Morgan fingerprint density at radius 2 is 1.40 bits per heavy atom. The predicted octanol–water partition coefficient (Wildman–Crippen LogP) is 1.97. The van der Waals surface area contributed by atoms with Gasteiger partial charge in [0.2, 0.25) is 0 Å². The number of rotatable bonds is 0. The zero-order valence-corrected chi connectivity index (χ0v) is 7.05. The SMILES string of the molecule is P=S(Cl)Cl.[Ti]. The Balaban J connectivity index is 0. The maximum atomic E-state index is 4.98. The van der Waals surface area contributed by atoms with Gasteiger partial charge in [-0.25, -0.2) is 0 Å². The zero-order valence-electron chi connectivity index (χ0n) is 2.16. The molecule has 0 amide bonds. The van der Waals surface area contributed by atoms with Gasteiger partial charge in [-0.3, -0.25) is 0 Å². The van der Waals surface area contributed by atoms with E-state index in [9.17, 15) is 0 Å². The van der Waals surface area contributed by atoms with E-state index >= 15 is 0 Å². The number of hydrogen-bond acceptors (Lipinski definition) is 0. The van der Waals surface area contributed by atoms with Crippen LogP contribution in [0, 0.1) is 0 Å². The standard InChI is InChI=1S/Cl2HPS.Ti/c1-4(2)3;/h3H;. The van der Waals surface area contributed by atoms with Crippen LogP contribution in [0.25, 0.3) is 0 Å². The summed E-state index contributed by atoms with van der Waals surface area (Å²) in [6, 6.07) is 0. The molecule has 0 aromatic heterocycles. The summed E-state index contributed by atoms with van der Waals surface area (Å²) in [5, 5.41) is 0. The van der Waals surface area contributed by atoms with E-state index in [1.165, 1.54) is 0 Å². The fraction of sp³-hybridized carbons (Fsp3) is 0. The number of hydrogen-bond donors (Lipinski definition) is 0. The second-order valence-corrected chi connectivity index (χ2v) is 5.74. The second kappa shape index (κ2) is 5.94. The van der Waals surface area contributed by atoms with E-state index in [-0.39, 0.29) is 21.7 Å². The van der Waals surface area contributed by atoms with E-state index in [1.54, 1.807) is 0 Å². The molecule has 0 saturated heterocycles. The van der Waals surface area contributed by atoms with E-state index in [1.807, 2.05) is 0 Å². The molecule has 5 heteroatoms. The quantitative estimate of drug-likeness (QED) is 0.397. The van der Waals surface area contributed by atoms with Crippen molar-refractivity contribution in [3.05, 3.63) is 0 Å². The van der Waals surface area contributed by atoms with Gasteiger partial charge in [0, 0.05) is 30.2 Å². The van der Waals surface area contributed by atoms with Crippen molar-refractivity contribution in [2.24, 2.45) is 0 Å². The molecular formula is HCl2PSTi. The van der Waals surface area contributed by atoms with Crippen molar-refractivity contribution in [1.29, 1.82) is 0 Å². The summed E-state index contributed by atoms with van der Waals surface area (Å²) in [6.45, 7) is 0. The molecule has 0 aromatic rings. The Hall–Kier alpha value is 1.94. The predicted molar refractivity (Wildman–Crippen MR) is 27.4 cm³/mol. The minimum absolute atomic E-state index is 0. The van der Waals surface area contributed by atoms with Crippen LogP contribution in [0.3, 0.4) is 0 Å². The maximum Gasteiger partial charge on any atom is 0.0178 e. The summed E-state index contributed by atoms with van der Waals surface area (Å²) in [4.78, 5) is 0. The third-order valence-corrected chi connectivity index (χ3v) is 0. The summed E-state index contributed by atoms with van der Waals surface area (Å²) < 4.78 is 0. The van der Waals surface area contributed by atoms with E-state index < -0.39 is 8.50 Å². The van der Waals surface area contributed by atoms with Gasteiger partial charge in [0.15, 0.2) is 0 Å². The van der Waals surface area contributed by atoms with Gasteiger partial charge in [-0.1, -0.05) is 8.02 Å². The summed E-state index contributed by atoms with van der Waals surface area (Å²) in [5.41, 5.74) is 0. The monoisotopic (exact) mass is 182 g/mol. The summed E-state index contributed by atoms with van der Waals surface area (Å²) in [5.74, 6) is 0. The molecule has 0 saturated carbocycles. The van der Waals surface area contributed by atoms with Crippen LogP contribution in [0.1, 0.15) is 0 Å². The molecule has 0 bridgehead atoms. The van der Waals surface area contributed by atoms with E-state index in [0.717, 1.165) is 0 Å². The van der Waals surface area contributed by atoms with Crippen LogP contribution in [0.15, 0.2) is 0 Å². The minimum Gasteiger partial charge on any atom is -0.0585 e. The number of halogens is 2. The molecule has 0 heterocycles. The van der Waals surface area contributed by atoms with Crippen LogP contribution in [0.2, 0.25) is 0 Å². The zero-order chi connectivity index (χ0) is 3.58. The van der Waals surface area contributed by atoms with Gasteiger partial charge in [-0.2, -0.15) is 0 Å². The van der Waals surface area contributed by atoms with Crippen LogP contribution in [-0.4, -0.2) is 0 Å². The minimum atomic E-state index is -0.611. The molecule has 0 unspecified atom stereocenters. The average molecular weight is 183 g/mol. The van der Waals surface area contributed by atoms with Gasteiger partial charge in [0.1, 0.15) is 0 Å². The van der Waals surface area contributed by atoms with Gasteiger partial charge in [-0.05, 0) is 21.4 Å². The van der Waals surface area contributed by atoms with Crippen molar-refractivity contribution in [2.45, 2.75) is 0 Å². The maximum absolute atomic E-state index is 4.98. The third-order valence-electron chi connectivity index (χ3n) is 0. The van der Waals surface area contributed by atoms with Crippen molar-refractivity contribution >= 4 is 37.9 Å². The van der Waals surface area contributed by atoms with Gasteiger partial charge in [-0.15, -0.1) is 0 Å². The largest absolute Gasteiger partial charge is 0.0585 e. The van der Waals surface area contributed by atoms with E-state index in [2.05, 4.69) is 8.02 Å². The topological polar surface area (TPSA) is 0 Å². The Bertz CT molecular complexity index is 32.6. The van der Waals surface area contributed by atoms with Gasteiger partial charge < -0.3 is 0 Å². The molecule has 0 radical (unpaired) electrons. The van der Waals surface area contributed by atoms with Crippen LogP contribution in [-0.2, 0) is 30.2 Å². The Morgan fingerprint density at radius 1 is 1.40 bits per heavy atom. The molecule has 0 fully saturated rings. The normalized spacial score (nSPS) is 7.00. The van der Waals surface area contributed by atoms with Crippen molar-refractivity contribution in [1.82, 2.24) is 0 Å². The smallest absolute Gasteiger partial charge is 0.0178 e. The van der Waals surface area contributed by atoms with Crippen LogP contribution in [0.5, 0.6) is 0 Å². The first kappa shape index (κ1) is 10.0. The molecular weight excluding hydrogens is 182 g/mol. The van der Waals surface area contributed by atoms with E-state index in [0.29, 0.717) is 0 Å². The first-order chi connectivity index (χ1) is 1.73. The van der Waals surface area contributed by atoms with Crippen molar-refractivity contribution in [3.63, 3.8) is 0 Å². The average Bonchev–Trinajstić information content (AvgIpc) is 0.811. The fourth-order valence-electron chi connectivity index (χ4n) is 0. The van der Waals surface area contributed by atoms with E-state index in [4.69, 9.17) is 21.4 Å². The molecule has 0 spiro atoms. The molecule has 0 aliphatic heterocycles. The first-order valence-electron chi connectivity index (χ1n) is 0.513. The van der Waals surface area contributed by atoms with Crippen molar-refractivity contribution in [2.75, 3.05) is 0 Å². The first-order valence-corrected chi connectivity index (χ1v) is 4.61. The summed E-state index contributed by atoms with van der Waals surface area (Å²) in [6.07, 6.45) is 0. The molecule has 0 aromatic carbocycles. The molecule has 0 atom stereocenters. The second-order valence-electron chi connectivity index (χ2n) is 0.213. The van der Waals surface area contributed by atoms with Gasteiger partial charge in [0.05, 0.1) is 0 Å². The van der Waals surface area contributed by atoms with Crippen molar-refractivity contribution < 1.29 is 21.7 Å². The Kier molecular flexibility index (Phi) is 11.9. The van der Waals surface area contributed by atoms with Crippen LogP contribution in [0.4, 0.5) is 0 Å². The molecule has 0 nitrogen and oxygen atoms in total. The Labute approximate surface area is 59.3 Å². The van der Waals surface area contributed by atoms with Crippen LogP contribution >= 0.6 is 29.4 Å². The third kappa shape index (κ3) is 24.5.